The Morgan fingerprint density at radius 1 is 1.04 bits per heavy atom. The number of nitrogens with zero attached hydrogens (tertiary/aromatic N) is 1. The van der Waals surface area contributed by atoms with Gasteiger partial charge in [0.15, 0.2) is 0 Å². The van der Waals surface area contributed by atoms with E-state index < -0.39 is 0 Å². The number of fused-ring (bicyclic) bond motifs is 4. The number of halogens is 1. The Labute approximate surface area is 158 Å². The van der Waals surface area contributed by atoms with E-state index in [2.05, 4.69) is 68.3 Å². The lowest BCUT2D eigenvalue weighted by atomic mass is 9.91. The number of aryl methyl sites for hydroxylation is 1. The molecule has 2 aromatic carbocycles. The van der Waals surface area contributed by atoms with Crippen molar-refractivity contribution in [2.45, 2.75) is 52.2 Å². The van der Waals surface area contributed by atoms with E-state index >= 15 is 0 Å². The van der Waals surface area contributed by atoms with Crippen molar-refractivity contribution in [1.82, 2.24) is 9.88 Å². The van der Waals surface area contributed by atoms with Crippen molar-refractivity contribution in [3.8, 4) is 0 Å². The molecule has 130 valence electrons. The minimum Gasteiger partial charge on any atom is -0.357 e. The van der Waals surface area contributed by atoms with Crippen LogP contribution in [0.25, 0.3) is 10.9 Å². The maximum Gasteiger partial charge on any atom is 0.0508 e. The predicted octanol–water partition coefficient (Wildman–Crippen LogP) is 6.35. The minimum atomic E-state index is 0.525. The molecule has 3 heteroatoms. The maximum atomic E-state index is 3.73. The van der Waals surface area contributed by atoms with Crippen LogP contribution < -0.4 is 0 Å². The van der Waals surface area contributed by atoms with E-state index in [1.165, 1.54) is 57.0 Å². The summed E-state index contributed by atoms with van der Waals surface area (Å²) in [5, 5.41) is 1.40. The van der Waals surface area contributed by atoms with Crippen molar-refractivity contribution in [1.29, 1.82) is 0 Å². The van der Waals surface area contributed by atoms with Gasteiger partial charge in [0.2, 0.25) is 0 Å². The summed E-state index contributed by atoms with van der Waals surface area (Å²) in [6.07, 6.45) is 3.74. The monoisotopic (exact) mass is 396 g/mol. The Balaban J connectivity index is 0.000000758. The normalized spacial score (nSPS) is 19.2. The van der Waals surface area contributed by atoms with Crippen LogP contribution >= 0.6 is 15.9 Å². The average molecular weight is 397 g/mol. The van der Waals surface area contributed by atoms with E-state index in [0.717, 1.165) is 13.1 Å². The molecule has 2 aliphatic rings. The van der Waals surface area contributed by atoms with Crippen molar-refractivity contribution < 1.29 is 0 Å². The summed E-state index contributed by atoms with van der Waals surface area (Å²) in [7, 11) is 0. The Morgan fingerprint density at radius 2 is 1.76 bits per heavy atom. The van der Waals surface area contributed by atoms with Gasteiger partial charge in [0.1, 0.15) is 0 Å². The molecule has 1 unspecified atom stereocenters. The van der Waals surface area contributed by atoms with Crippen LogP contribution in [0.4, 0.5) is 0 Å². The minimum absolute atomic E-state index is 0.525. The lowest BCUT2D eigenvalue weighted by Crippen LogP contribution is -2.26. The fourth-order valence-corrected chi connectivity index (χ4v) is 4.72. The molecule has 0 radical (unpaired) electrons. The van der Waals surface area contributed by atoms with Crippen LogP contribution in [0.2, 0.25) is 0 Å². The fourth-order valence-electron chi connectivity index (χ4n) is 4.36. The zero-order chi connectivity index (χ0) is 17.4. The third-order valence-corrected chi connectivity index (χ3v) is 5.94. The topological polar surface area (TPSA) is 19.0 Å². The molecule has 0 saturated carbocycles. The van der Waals surface area contributed by atoms with E-state index in [9.17, 15) is 0 Å². The highest BCUT2D eigenvalue weighted by atomic mass is 79.9. The van der Waals surface area contributed by atoms with E-state index in [0.29, 0.717) is 6.04 Å². The van der Waals surface area contributed by atoms with Crippen LogP contribution in [-0.2, 0) is 19.5 Å². The average Bonchev–Trinajstić information content (AvgIpc) is 3.24. The van der Waals surface area contributed by atoms with Crippen LogP contribution in [0.15, 0.2) is 46.9 Å². The van der Waals surface area contributed by atoms with Gasteiger partial charge in [-0.1, -0.05) is 54.0 Å². The smallest absolute Gasteiger partial charge is 0.0508 e. The molecule has 25 heavy (non-hydrogen) atoms. The second-order valence-electron chi connectivity index (χ2n) is 6.79. The molecule has 0 amide bonds. The Morgan fingerprint density at radius 3 is 2.48 bits per heavy atom. The van der Waals surface area contributed by atoms with Crippen molar-refractivity contribution >= 4 is 26.8 Å². The van der Waals surface area contributed by atoms with Gasteiger partial charge in [-0.15, -0.1) is 0 Å². The van der Waals surface area contributed by atoms with Crippen LogP contribution in [-0.4, -0.2) is 9.88 Å². The molecule has 1 aromatic heterocycles. The summed E-state index contributed by atoms with van der Waals surface area (Å²) in [6.45, 7) is 6.17. The standard InChI is InChI=1S/C20H19BrN2.C2H6/c21-15-8-9-18-17(10-15)16-6-3-7-19(20(16)22-18)23-11-13-4-1-2-5-14(13)12-23;1-2/h1-2,4-5,8-10,19,22H,3,6-7,11-12H2;1-2H3. The molecule has 1 aliphatic carbocycles. The van der Waals surface area contributed by atoms with Crippen molar-refractivity contribution in [2.75, 3.05) is 0 Å². The lowest BCUT2D eigenvalue weighted by Gasteiger charge is -2.31. The number of rotatable bonds is 1. The van der Waals surface area contributed by atoms with E-state index in [4.69, 9.17) is 0 Å². The molecule has 0 saturated heterocycles. The summed E-state index contributed by atoms with van der Waals surface area (Å²) in [6, 6.07) is 16.0. The van der Waals surface area contributed by atoms with Crippen LogP contribution in [0.3, 0.4) is 0 Å². The summed E-state index contributed by atoms with van der Waals surface area (Å²) in [4.78, 5) is 6.38. The number of nitrogens with one attached hydrogen (secondary N) is 1. The zero-order valence-corrected chi connectivity index (χ0v) is 16.6. The van der Waals surface area contributed by atoms with Crippen molar-refractivity contribution in [3.63, 3.8) is 0 Å². The third-order valence-electron chi connectivity index (χ3n) is 5.44. The Hall–Kier alpha value is -1.58. The van der Waals surface area contributed by atoms with Gasteiger partial charge < -0.3 is 4.98 Å². The zero-order valence-electron chi connectivity index (χ0n) is 15.0. The van der Waals surface area contributed by atoms with Gasteiger partial charge in [-0.05, 0) is 54.2 Å². The molecule has 0 fully saturated rings. The maximum absolute atomic E-state index is 3.73. The summed E-state index contributed by atoms with van der Waals surface area (Å²) < 4.78 is 1.17. The molecule has 1 aliphatic heterocycles. The molecule has 1 N–H and O–H groups in total. The quantitative estimate of drug-likeness (QED) is 0.507. The highest BCUT2D eigenvalue weighted by Crippen LogP contribution is 2.41. The molecule has 1 atom stereocenters. The molecular weight excluding hydrogens is 372 g/mol. The number of hydrogen-bond acceptors (Lipinski definition) is 1. The molecule has 0 bridgehead atoms. The molecule has 3 aromatic rings. The number of benzene rings is 2. The first kappa shape index (κ1) is 16.9. The van der Waals surface area contributed by atoms with Crippen LogP contribution in [0.1, 0.15) is 55.1 Å². The molecular formula is C22H25BrN2. The Kier molecular flexibility index (Phi) is 4.70. The first-order chi connectivity index (χ1) is 12.3. The fraction of sp³-hybridized carbons (Fsp3) is 0.364. The summed E-state index contributed by atoms with van der Waals surface area (Å²) in [5.41, 5.74) is 7.27. The van der Waals surface area contributed by atoms with Crippen LogP contribution in [0, 0.1) is 0 Å². The number of hydrogen-bond donors (Lipinski definition) is 1. The van der Waals surface area contributed by atoms with E-state index in [1.54, 1.807) is 0 Å². The van der Waals surface area contributed by atoms with Crippen LogP contribution in [0.5, 0.6) is 0 Å². The van der Waals surface area contributed by atoms with Gasteiger partial charge in [-0.2, -0.15) is 0 Å². The second kappa shape index (κ2) is 6.97. The number of aromatic amines is 1. The highest BCUT2D eigenvalue weighted by Gasteiger charge is 2.32. The molecule has 2 heterocycles. The van der Waals surface area contributed by atoms with Gasteiger partial charge in [0.25, 0.3) is 0 Å². The predicted molar refractivity (Wildman–Crippen MR) is 109 cm³/mol. The number of aromatic nitrogens is 1. The third kappa shape index (κ3) is 2.94. The largest absolute Gasteiger partial charge is 0.357 e. The summed E-state index contributed by atoms with van der Waals surface area (Å²) in [5.74, 6) is 0. The molecule has 0 spiro atoms. The van der Waals surface area contributed by atoms with Gasteiger partial charge in [0.05, 0.1) is 6.04 Å². The molecule has 5 rings (SSSR count). The Bertz CT molecular complexity index is 871. The van der Waals surface area contributed by atoms with Crippen molar-refractivity contribution in [2.24, 2.45) is 0 Å². The van der Waals surface area contributed by atoms with Gasteiger partial charge in [-0.25, -0.2) is 0 Å². The summed E-state index contributed by atoms with van der Waals surface area (Å²) >= 11 is 3.62. The van der Waals surface area contributed by atoms with Gasteiger partial charge in [0, 0.05) is 34.2 Å². The van der Waals surface area contributed by atoms with Gasteiger partial charge >= 0.3 is 0 Å². The molecule has 2 nitrogen and oxygen atoms in total. The second-order valence-corrected chi connectivity index (χ2v) is 7.70. The van der Waals surface area contributed by atoms with Gasteiger partial charge in [-0.3, -0.25) is 4.90 Å². The highest BCUT2D eigenvalue weighted by molar-refractivity contribution is 9.10. The van der Waals surface area contributed by atoms with E-state index in [1.807, 2.05) is 13.8 Å². The lowest BCUT2D eigenvalue weighted by molar-refractivity contribution is 0.177. The van der Waals surface area contributed by atoms with E-state index in [-0.39, 0.29) is 0 Å². The first-order valence-electron chi connectivity index (χ1n) is 9.40. The number of H-pyrrole nitrogens is 1. The first-order valence-corrected chi connectivity index (χ1v) is 10.2. The van der Waals surface area contributed by atoms with Crippen molar-refractivity contribution in [3.05, 3.63) is 69.3 Å². The SMILES string of the molecule is Brc1ccc2[nH]c3c(c2c1)CCCC3N1Cc2ccccc2C1.CC.